The molecule has 0 atom stereocenters. The van der Waals surface area contributed by atoms with Crippen LogP contribution in [0.2, 0.25) is 0 Å². The van der Waals surface area contributed by atoms with Crippen LogP contribution in [0.3, 0.4) is 0 Å². The monoisotopic (exact) mass is 270 g/mol. The molecule has 1 aromatic carbocycles. The molecular formula is C14H16F2O3. The topological polar surface area (TPSA) is 46.5 Å². The molecule has 1 aliphatic carbocycles. The molecule has 104 valence electrons. The molecule has 1 saturated carbocycles. The Balaban J connectivity index is 2.50. The molecule has 0 spiro atoms. The summed E-state index contributed by atoms with van der Waals surface area (Å²) in [6.07, 6.45) is 2.13. The molecule has 0 saturated heterocycles. The van der Waals surface area contributed by atoms with Crippen molar-refractivity contribution < 1.29 is 23.4 Å². The maximum Gasteiger partial charge on any atom is 0.314 e. The van der Waals surface area contributed by atoms with Crippen LogP contribution in [0.25, 0.3) is 0 Å². The summed E-state index contributed by atoms with van der Waals surface area (Å²) in [6, 6.07) is 2.06. The van der Waals surface area contributed by atoms with Crippen LogP contribution in [-0.2, 0) is 21.6 Å². The first-order chi connectivity index (χ1) is 9.01. The highest BCUT2D eigenvalue weighted by atomic mass is 19.1. The fraction of sp³-hybridized carbons (Fsp3) is 0.500. The number of hydrogen-bond donors (Lipinski definition) is 1. The van der Waals surface area contributed by atoms with Crippen molar-refractivity contribution in [3.8, 4) is 0 Å². The predicted octanol–water partition coefficient (Wildman–Crippen LogP) is 3.01. The molecule has 0 aliphatic heterocycles. The van der Waals surface area contributed by atoms with Crippen molar-refractivity contribution >= 4 is 5.97 Å². The van der Waals surface area contributed by atoms with Gasteiger partial charge in [0.25, 0.3) is 0 Å². The van der Waals surface area contributed by atoms with Gasteiger partial charge in [0.05, 0.1) is 12.0 Å². The van der Waals surface area contributed by atoms with Gasteiger partial charge in [0.15, 0.2) is 0 Å². The number of carbonyl (C=O) groups is 1. The Morgan fingerprint density at radius 3 is 2.47 bits per heavy atom. The molecule has 1 aromatic rings. The molecule has 1 N–H and O–H groups in total. The van der Waals surface area contributed by atoms with Crippen LogP contribution in [0.5, 0.6) is 0 Å². The average molecular weight is 270 g/mol. The molecule has 0 heterocycles. The summed E-state index contributed by atoms with van der Waals surface area (Å²) in [6.45, 7) is -0.0386. The number of benzene rings is 1. The second-order valence-electron chi connectivity index (χ2n) is 4.95. The lowest BCUT2D eigenvalue weighted by Crippen LogP contribution is -2.34. The van der Waals surface area contributed by atoms with Gasteiger partial charge in [-0.15, -0.1) is 0 Å². The summed E-state index contributed by atoms with van der Waals surface area (Å²) >= 11 is 0. The van der Waals surface area contributed by atoms with E-state index in [1.807, 2.05) is 0 Å². The Bertz CT molecular complexity index is 494. The van der Waals surface area contributed by atoms with Gasteiger partial charge in [-0.3, -0.25) is 4.79 Å². The van der Waals surface area contributed by atoms with Crippen molar-refractivity contribution in [3.05, 3.63) is 34.9 Å². The Morgan fingerprint density at radius 2 is 1.95 bits per heavy atom. The van der Waals surface area contributed by atoms with Crippen LogP contribution in [0, 0.1) is 11.6 Å². The van der Waals surface area contributed by atoms with Gasteiger partial charge in [0.1, 0.15) is 11.6 Å². The zero-order valence-corrected chi connectivity index (χ0v) is 10.7. The third-order valence-electron chi connectivity index (χ3n) is 3.82. The van der Waals surface area contributed by atoms with Gasteiger partial charge in [-0.1, -0.05) is 12.8 Å². The summed E-state index contributed by atoms with van der Waals surface area (Å²) in [5, 5.41) is 9.39. The smallest absolute Gasteiger partial charge is 0.314 e. The van der Waals surface area contributed by atoms with Gasteiger partial charge in [-0.05, 0) is 25.0 Å². The van der Waals surface area contributed by atoms with E-state index < -0.39 is 23.0 Å². The lowest BCUT2D eigenvalue weighted by molar-refractivity contribution is -0.143. The quantitative estimate of drug-likeness (QED) is 0.914. The number of rotatable bonds is 4. The molecule has 0 unspecified atom stereocenters. The number of ether oxygens (including phenoxy) is 1. The van der Waals surface area contributed by atoms with E-state index in [2.05, 4.69) is 0 Å². The lowest BCUT2D eigenvalue weighted by Gasteiger charge is -2.25. The SMILES string of the molecule is COCc1cc(F)c(C2(C(=O)O)CCCC2)cc1F. The Hall–Kier alpha value is -1.49. The third kappa shape index (κ3) is 2.34. The van der Waals surface area contributed by atoms with E-state index in [4.69, 9.17) is 4.74 Å². The van der Waals surface area contributed by atoms with Gasteiger partial charge >= 0.3 is 5.97 Å². The Morgan fingerprint density at radius 1 is 1.32 bits per heavy atom. The van der Waals surface area contributed by atoms with Crippen LogP contribution in [0.1, 0.15) is 36.8 Å². The summed E-state index contributed by atoms with van der Waals surface area (Å²) in [5.41, 5.74) is -1.23. The summed E-state index contributed by atoms with van der Waals surface area (Å²) < 4.78 is 32.8. The Kier molecular flexibility index (Phi) is 3.85. The summed E-state index contributed by atoms with van der Waals surface area (Å²) in [5.74, 6) is -2.37. The minimum Gasteiger partial charge on any atom is -0.481 e. The molecule has 2 rings (SSSR count). The van der Waals surface area contributed by atoms with E-state index in [0.717, 1.165) is 12.1 Å². The van der Waals surface area contributed by atoms with Crippen molar-refractivity contribution in [1.29, 1.82) is 0 Å². The van der Waals surface area contributed by atoms with Gasteiger partial charge < -0.3 is 9.84 Å². The largest absolute Gasteiger partial charge is 0.481 e. The van der Waals surface area contributed by atoms with E-state index in [0.29, 0.717) is 25.7 Å². The number of aliphatic carboxylic acids is 1. The molecular weight excluding hydrogens is 254 g/mol. The van der Waals surface area contributed by atoms with E-state index in [9.17, 15) is 18.7 Å². The fourth-order valence-electron chi connectivity index (χ4n) is 2.80. The van der Waals surface area contributed by atoms with Crippen LogP contribution in [-0.4, -0.2) is 18.2 Å². The normalized spacial score (nSPS) is 17.6. The highest BCUT2D eigenvalue weighted by molar-refractivity contribution is 5.82. The minimum atomic E-state index is -1.28. The van der Waals surface area contributed by atoms with Crippen LogP contribution >= 0.6 is 0 Å². The average Bonchev–Trinajstić information content (AvgIpc) is 2.84. The predicted molar refractivity (Wildman–Crippen MR) is 64.9 cm³/mol. The number of carboxylic acid groups (broad SMARTS) is 1. The van der Waals surface area contributed by atoms with Gasteiger partial charge in [-0.2, -0.15) is 0 Å². The number of methoxy groups -OCH3 is 1. The third-order valence-corrected chi connectivity index (χ3v) is 3.82. The molecule has 0 amide bonds. The van der Waals surface area contributed by atoms with Gasteiger partial charge in [-0.25, -0.2) is 8.78 Å². The number of halogens is 2. The van der Waals surface area contributed by atoms with E-state index in [1.54, 1.807) is 0 Å². The Labute approximate surface area is 110 Å². The molecule has 0 bridgehead atoms. The minimum absolute atomic E-state index is 0.0386. The highest BCUT2D eigenvalue weighted by Crippen LogP contribution is 2.43. The first-order valence-corrected chi connectivity index (χ1v) is 6.22. The van der Waals surface area contributed by atoms with Crippen molar-refractivity contribution in [2.45, 2.75) is 37.7 Å². The molecule has 0 aromatic heterocycles. The molecule has 1 fully saturated rings. The first kappa shape index (κ1) is 13.9. The molecule has 3 nitrogen and oxygen atoms in total. The number of carboxylic acids is 1. The second-order valence-corrected chi connectivity index (χ2v) is 4.95. The second kappa shape index (κ2) is 5.25. The summed E-state index contributed by atoms with van der Waals surface area (Å²) in [4.78, 5) is 11.5. The van der Waals surface area contributed by atoms with Crippen LogP contribution in [0.4, 0.5) is 8.78 Å². The van der Waals surface area contributed by atoms with E-state index >= 15 is 0 Å². The fourth-order valence-corrected chi connectivity index (χ4v) is 2.80. The first-order valence-electron chi connectivity index (χ1n) is 6.22. The molecule has 5 heteroatoms. The molecule has 0 radical (unpaired) electrons. The highest BCUT2D eigenvalue weighted by Gasteiger charge is 2.45. The summed E-state index contributed by atoms with van der Waals surface area (Å²) in [7, 11) is 1.39. The van der Waals surface area contributed by atoms with Crippen molar-refractivity contribution in [3.63, 3.8) is 0 Å². The van der Waals surface area contributed by atoms with Gasteiger partial charge in [0.2, 0.25) is 0 Å². The van der Waals surface area contributed by atoms with Gasteiger partial charge in [0, 0.05) is 18.2 Å². The van der Waals surface area contributed by atoms with Crippen molar-refractivity contribution in [2.75, 3.05) is 7.11 Å². The van der Waals surface area contributed by atoms with Crippen molar-refractivity contribution in [1.82, 2.24) is 0 Å². The molecule has 1 aliphatic rings. The van der Waals surface area contributed by atoms with Crippen molar-refractivity contribution in [2.24, 2.45) is 0 Å². The number of hydrogen-bond acceptors (Lipinski definition) is 2. The molecule has 19 heavy (non-hydrogen) atoms. The van der Waals surface area contributed by atoms with E-state index in [-0.39, 0.29) is 17.7 Å². The maximum atomic E-state index is 14.1. The van der Waals surface area contributed by atoms with Crippen LogP contribution in [0.15, 0.2) is 12.1 Å². The zero-order valence-electron chi connectivity index (χ0n) is 10.7. The van der Waals surface area contributed by atoms with Crippen LogP contribution < -0.4 is 0 Å². The maximum absolute atomic E-state index is 14.1. The zero-order chi connectivity index (χ0) is 14.0. The van der Waals surface area contributed by atoms with E-state index in [1.165, 1.54) is 7.11 Å². The standard InChI is InChI=1S/C14H16F2O3/c1-19-8-9-6-12(16)10(7-11(9)15)14(13(17)18)4-2-3-5-14/h6-7H,2-5,8H2,1H3,(H,17,18). The lowest BCUT2D eigenvalue weighted by atomic mass is 9.78.